The molecule has 2 saturated heterocycles. The molecule has 0 radical (unpaired) electrons. The van der Waals surface area contributed by atoms with Crippen molar-refractivity contribution in [2.45, 2.75) is 44.6 Å². The molecule has 166 valence electrons. The van der Waals surface area contributed by atoms with Crippen LogP contribution in [0.3, 0.4) is 0 Å². The summed E-state index contributed by atoms with van der Waals surface area (Å²) in [5, 5.41) is 4.52. The van der Waals surface area contributed by atoms with Gasteiger partial charge in [0, 0.05) is 45.2 Å². The molecule has 0 bridgehead atoms. The first-order chi connectivity index (χ1) is 14.5. The zero-order valence-corrected chi connectivity index (χ0v) is 18.0. The topological polar surface area (TPSA) is 92.9 Å². The Labute approximate surface area is 176 Å². The van der Waals surface area contributed by atoms with Crippen LogP contribution in [0.2, 0.25) is 0 Å². The molecule has 1 aromatic heterocycles. The third kappa shape index (κ3) is 4.38. The minimum Gasteiger partial charge on any atom is -0.450 e. The standard InChI is InChI=1S/C20H32N6O4/c1-3-30-20(29)25-12-10-24(11-13-25)17(27)14-23-8-6-15(7-9-23)18-21-22(2)19(28)26(18)16-4-5-16/h15-16H,3-14H2,1-2H3. The molecule has 0 N–H and O–H groups in total. The molecule has 1 aromatic rings. The number of hydrogen-bond acceptors (Lipinski definition) is 6. The summed E-state index contributed by atoms with van der Waals surface area (Å²) < 4.78 is 8.38. The van der Waals surface area contributed by atoms with Gasteiger partial charge in [-0.05, 0) is 45.7 Å². The van der Waals surface area contributed by atoms with E-state index in [-0.39, 0.29) is 23.6 Å². The third-order valence-corrected chi connectivity index (χ3v) is 6.36. The van der Waals surface area contributed by atoms with E-state index < -0.39 is 0 Å². The van der Waals surface area contributed by atoms with Gasteiger partial charge >= 0.3 is 11.8 Å². The summed E-state index contributed by atoms with van der Waals surface area (Å²) in [4.78, 5) is 42.6. The molecule has 4 rings (SSSR count). The predicted molar refractivity (Wildman–Crippen MR) is 109 cm³/mol. The lowest BCUT2D eigenvalue weighted by atomic mass is 9.96. The van der Waals surface area contributed by atoms with Gasteiger partial charge in [0.2, 0.25) is 5.91 Å². The first kappa shape index (κ1) is 20.9. The van der Waals surface area contributed by atoms with Crippen molar-refractivity contribution in [3.63, 3.8) is 0 Å². The average molecular weight is 421 g/mol. The Morgan fingerprint density at radius 2 is 1.63 bits per heavy atom. The predicted octanol–water partition coefficient (Wildman–Crippen LogP) is 0.397. The summed E-state index contributed by atoms with van der Waals surface area (Å²) in [7, 11) is 1.72. The molecule has 30 heavy (non-hydrogen) atoms. The Kier molecular flexibility index (Phi) is 6.12. The van der Waals surface area contributed by atoms with Crippen molar-refractivity contribution in [3.05, 3.63) is 16.3 Å². The quantitative estimate of drug-likeness (QED) is 0.685. The molecule has 3 aliphatic rings. The molecule has 3 fully saturated rings. The van der Waals surface area contributed by atoms with Gasteiger partial charge < -0.3 is 14.5 Å². The van der Waals surface area contributed by atoms with Crippen molar-refractivity contribution in [3.8, 4) is 0 Å². The van der Waals surface area contributed by atoms with Crippen molar-refractivity contribution in [2.24, 2.45) is 7.05 Å². The Bertz CT molecular complexity index is 829. The maximum absolute atomic E-state index is 12.7. The van der Waals surface area contributed by atoms with Crippen molar-refractivity contribution < 1.29 is 14.3 Å². The van der Waals surface area contributed by atoms with Crippen LogP contribution in [-0.4, -0.2) is 93.5 Å². The van der Waals surface area contributed by atoms with E-state index in [1.165, 1.54) is 4.68 Å². The molecule has 2 amide bonds. The molecule has 1 aliphatic carbocycles. The summed E-state index contributed by atoms with van der Waals surface area (Å²) in [6.07, 6.45) is 3.65. The van der Waals surface area contributed by atoms with Crippen LogP contribution in [-0.2, 0) is 16.6 Å². The van der Waals surface area contributed by atoms with Gasteiger partial charge in [0.25, 0.3) is 0 Å². The maximum Gasteiger partial charge on any atom is 0.409 e. The molecule has 0 atom stereocenters. The van der Waals surface area contributed by atoms with Crippen LogP contribution in [0.1, 0.15) is 50.4 Å². The van der Waals surface area contributed by atoms with E-state index in [4.69, 9.17) is 4.74 Å². The summed E-state index contributed by atoms with van der Waals surface area (Å²) in [6.45, 7) is 6.36. The molecule has 2 aliphatic heterocycles. The number of piperazine rings is 1. The SMILES string of the molecule is CCOC(=O)N1CCN(C(=O)CN2CCC(c3nn(C)c(=O)n3C3CC3)CC2)CC1. The number of ether oxygens (including phenoxy) is 1. The van der Waals surface area contributed by atoms with E-state index in [1.807, 2.05) is 9.47 Å². The molecular formula is C20H32N6O4. The summed E-state index contributed by atoms with van der Waals surface area (Å²) in [5.74, 6) is 1.31. The summed E-state index contributed by atoms with van der Waals surface area (Å²) in [6, 6.07) is 0.328. The minimum absolute atomic E-state index is 0.00734. The van der Waals surface area contributed by atoms with Crippen LogP contribution in [0.15, 0.2) is 4.79 Å². The number of nitrogens with zero attached hydrogens (tertiary/aromatic N) is 6. The van der Waals surface area contributed by atoms with Crippen molar-refractivity contribution >= 4 is 12.0 Å². The lowest BCUT2D eigenvalue weighted by Gasteiger charge is -2.36. The zero-order chi connectivity index (χ0) is 21.3. The van der Waals surface area contributed by atoms with Gasteiger partial charge in [0.1, 0.15) is 5.82 Å². The highest BCUT2D eigenvalue weighted by atomic mass is 16.6. The third-order valence-electron chi connectivity index (χ3n) is 6.36. The van der Waals surface area contributed by atoms with Gasteiger partial charge in [-0.15, -0.1) is 0 Å². The van der Waals surface area contributed by atoms with E-state index in [0.29, 0.717) is 45.4 Å². The number of carbonyl (C=O) groups excluding carboxylic acids is 2. The second-order valence-corrected chi connectivity index (χ2v) is 8.48. The molecule has 1 saturated carbocycles. The van der Waals surface area contributed by atoms with E-state index in [2.05, 4.69) is 10.00 Å². The van der Waals surface area contributed by atoms with Gasteiger partial charge in [-0.3, -0.25) is 14.3 Å². The van der Waals surface area contributed by atoms with Gasteiger partial charge in [-0.2, -0.15) is 5.10 Å². The highest BCUT2D eigenvalue weighted by Gasteiger charge is 2.34. The molecule has 0 spiro atoms. The first-order valence-electron chi connectivity index (χ1n) is 11.0. The van der Waals surface area contributed by atoms with Gasteiger partial charge in [0.15, 0.2) is 0 Å². The Hall–Kier alpha value is -2.36. The van der Waals surface area contributed by atoms with Crippen LogP contribution in [0, 0.1) is 0 Å². The number of aryl methyl sites for hydroxylation is 1. The van der Waals surface area contributed by atoms with Gasteiger partial charge in [0.05, 0.1) is 13.2 Å². The Balaban J connectivity index is 1.26. The van der Waals surface area contributed by atoms with Crippen LogP contribution in [0.5, 0.6) is 0 Å². The molecule has 0 aromatic carbocycles. The fourth-order valence-corrected chi connectivity index (χ4v) is 4.45. The normalized spacial score (nSPS) is 21.1. The van der Waals surface area contributed by atoms with Crippen molar-refractivity contribution in [2.75, 3.05) is 52.4 Å². The largest absolute Gasteiger partial charge is 0.450 e. The van der Waals surface area contributed by atoms with Crippen LogP contribution in [0.25, 0.3) is 0 Å². The zero-order valence-electron chi connectivity index (χ0n) is 18.0. The molecule has 3 heterocycles. The molecular weight excluding hydrogens is 388 g/mol. The van der Waals surface area contributed by atoms with E-state index in [9.17, 15) is 14.4 Å². The second-order valence-electron chi connectivity index (χ2n) is 8.48. The molecule has 10 nitrogen and oxygen atoms in total. The van der Waals surface area contributed by atoms with Crippen molar-refractivity contribution in [1.82, 2.24) is 29.0 Å². The smallest absolute Gasteiger partial charge is 0.409 e. The minimum atomic E-state index is -0.300. The monoisotopic (exact) mass is 420 g/mol. The first-order valence-corrected chi connectivity index (χ1v) is 11.0. The average Bonchev–Trinajstić information content (AvgIpc) is 3.54. The van der Waals surface area contributed by atoms with E-state index >= 15 is 0 Å². The highest BCUT2D eigenvalue weighted by molar-refractivity contribution is 5.78. The number of rotatable bonds is 5. The van der Waals surface area contributed by atoms with Gasteiger partial charge in [-0.25, -0.2) is 14.3 Å². The van der Waals surface area contributed by atoms with Gasteiger partial charge in [-0.1, -0.05) is 0 Å². The summed E-state index contributed by atoms with van der Waals surface area (Å²) in [5.41, 5.74) is -0.00734. The van der Waals surface area contributed by atoms with Crippen LogP contribution >= 0.6 is 0 Å². The lowest BCUT2D eigenvalue weighted by Crippen LogP contribution is -2.53. The summed E-state index contributed by atoms with van der Waals surface area (Å²) >= 11 is 0. The number of amides is 2. The van der Waals surface area contributed by atoms with Crippen LogP contribution < -0.4 is 5.69 Å². The molecule has 10 heteroatoms. The van der Waals surface area contributed by atoms with E-state index in [1.54, 1.807) is 18.9 Å². The van der Waals surface area contributed by atoms with Crippen LogP contribution in [0.4, 0.5) is 4.79 Å². The fraction of sp³-hybridized carbons (Fsp3) is 0.800. The van der Waals surface area contributed by atoms with E-state index in [0.717, 1.165) is 44.6 Å². The fourth-order valence-electron chi connectivity index (χ4n) is 4.45. The second kappa shape index (κ2) is 8.79. The Morgan fingerprint density at radius 1 is 1.00 bits per heavy atom. The number of carbonyl (C=O) groups is 2. The van der Waals surface area contributed by atoms with Crippen molar-refractivity contribution in [1.29, 1.82) is 0 Å². The Morgan fingerprint density at radius 3 is 2.23 bits per heavy atom. The highest BCUT2D eigenvalue weighted by Crippen LogP contribution is 2.37. The number of piperidine rings is 1. The number of hydrogen-bond donors (Lipinski definition) is 0. The number of likely N-dealkylation sites (tertiary alicyclic amines) is 1. The number of aromatic nitrogens is 3. The molecule has 0 unspecified atom stereocenters. The lowest BCUT2D eigenvalue weighted by molar-refractivity contribution is -0.134. The maximum atomic E-state index is 12.7.